The van der Waals surface area contributed by atoms with Gasteiger partial charge in [0.25, 0.3) is 11.8 Å². The van der Waals surface area contributed by atoms with E-state index in [0.29, 0.717) is 24.6 Å². The summed E-state index contributed by atoms with van der Waals surface area (Å²) in [5.41, 5.74) is 4.38. The molecule has 2 aliphatic rings. The van der Waals surface area contributed by atoms with Crippen molar-refractivity contribution in [3.63, 3.8) is 0 Å². The molecule has 0 atom stereocenters. The van der Waals surface area contributed by atoms with E-state index < -0.39 is 0 Å². The summed E-state index contributed by atoms with van der Waals surface area (Å²) in [5.74, 6) is 0.479. The van der Waals surface area contributed by atoms with Gasteiger partial charge in [-0.15, -0.1) is 0 Å². The van der Waals surface area contributed by atoms with E-state index in [9.17, 15) is 9.59 Å². The predicted octanol–water partition coefficient (Wildman–Crippen LogP) is 3.28. The minimum atomic E-state index is 0.0664. The van der Waals surface area contributed by atoms with Crippen LogP contribution in [0.25, 0.3) is 10.9 Å². The number of aryl methyl sites for hydroxylation is 1. The zero-order chi connectivity index (χ0) is 22.9. The number of likely N-dealkylation sites (N-methyl/N-ethyl adjacent to an activating group) is 1. The van der Waals surface area contributed by atoms with Crippen molar-refractivity contribution in [1.29, 1.82) is 0 Å². The number of nitrogens with zero attached hydrogens (tertiary/aromatic N) is 4. The zero-order valence-electron chi connectivity index (χ0n) is 19.4. The van der Waals surface area contributed by atoms with Gasteiger partial charge in [-0.05, 0) is 45.0 Å². The van der Waals surface area contributed by atoms with Crippen LogP contribution in [0.3, 0.4) is 0 Å². The molecule has 0 bridgehead atoms. The number of carbonyl (C=O) groups excluding carboxylic acids is 2. The molecule has 5 rings (SSSR count). The molecule has 2 aromatic heterocycles. The van der Waals surface area contributed by atoms with Crippen LogP contribution in [0.4, 0.5) is 0 Å². The molecule has 0 radical (unpaired) electrons. The first-order valence-corrected chi connectivity index (χ1v) is 11.8. The summed E-state index contributed by atoms with van der Waals surface area (Å²) in [7, 11) is 2.08. The van der Waals surface area contributed by atoms with Crippen molar-refractivity contribution in [2.24, 2.45) is 0 Å². The fourth-order valence-electron chi connectivity index (χ4n) is 5.05. The first-order valence-electron chi connectivity index (χ1n) is 11.8. The number of hydrogen-bond donors (Lipinski definition) is 1. The molecule has 3 aromatic rings. The number of piperidine rings is 1. The van der Waals surface area contributed by atoms with E-state index in [1.165, 1.54) is 0 Å². The van der Waals surface area contributed by atoms with Crippen LogP contribution in [0.5, 0.6) is 0 Å². The summed E-state index contributed by atoms with van der Waals surface area (Å²) >= 11 is 0. The van der Waals surface area contributed by atoms with Crippen molar-refractivity contribution in [1.82, 2.24) is 24.7 Å². The molecule has 1 N–H and O–H groups in total. The highest BCUT2D eigenvalue weighted by Crippen LogP contribution is 2.30. The summed E-state index contributed by atoms with van der Waals surface area (Å²) in [6.07, 6.45) is 3.49. The van der Waals surface area contributed by atoms with E-state index in [2.05, 4.69) is 21.9 Å². The van der Waals surface area contributed by atoms with Gasteiger partial charge in [-0.2, -0.15) is 0 Å². The van der Waals surface area contributed by atoms with Crippen molar-refractivity contribution < 1.29 is 9.59 Å². The highest BCUT2D eigenvalue weighted by atomic mass is 16.2. The average Bonchev–Trinajstić information content (AvgIpc) is 3.19. The SMILES string of the molecule is Cc1[nH]c2ccccc2c1C(=O)N1CCC(c2ccc(C(=O)N3CCN(C)CC3)cn2)CC1. The maximum Gasteiger partial charge on any atom is 0.256 e. The van der Waals surface area contributed by atoms with Crippen LogP contribution in [0.15, 0.2) is 42.6 Å². The second kappa shape index (κ2) is 8.98. The minimum Gasteiger partial charge on any atom is -0.358 e. The van der Waals surface area contributed by atoms with E-state index in [4.69, 9.17) is 0 Å². The lowest BCUT2D eigenvalue weighted by atomic mass is 9.92. The Kier molecular flexibility index (Phi) is 5.89. The third-order valence-electron chi connectivity index (χ3n) is 7.13. The quantitative estimate of drug-likeness (QED) is 0.672. The number of fused-ring (bicyclic) bond motifs is 1. The monoisotopic (exact) mass is 445 g/mol. The molecule has 33 heavy (non-hydrogen) atoms. The van der Waals surface area contributed by atoms with Crippen LogP contribution >= 0.6 is 0 Å². The first kappa shape index (κ1) is 21.6. The average molecular weight is 446 g/mol. The number of amides is 2. The molecule has 2 amide bonds. The molecular formula is C26H31N5O2. The summed E-state index contributed by atoms with van der Waals surface area (Å²) in [6.45, 7) is 6.74. The van der Waals surface area contributed by atoms with Gasteiger partial charge in [-0.3, -0.25) is 14.6 Å². The molecule has 7 nitrogen and oxygen atoms in total. The number of benzene rings is 1. The van der Waals surface area contributed by atoms with E-state index in [-0.39, 0.29) is 11.8 Å². The predicted molar refractivity (Wildman–Crippen MR) is 129 cm³/mol. The van der Waals surface area contributed by atoms with Crippen LogP contribution < -0.4 is 0 Å². The van der Waals surface area contributed by atoms with Crippen molar-refractivity contribution in [2.45, 2.75) is 25.7 Å². The third-order valence-corrected chi connectivity index (χ3v) is 7.13. The van der Waals surface area contributed by atoms with Crippen molar-refractivity contribution in [2.75, 3.05) is 46.3 Å². The number of aromatic nitrogens is 2. The van der Waals surface area contributed by atoms with Crippen molar-refractivity contribution >= 4 is 22.7 Å². The second-order valence-corrected chi connectivity index (χ2v) is 9.30. The first-order chi connectivity index (χ1) is 16.0. The Labute approximate surface area is 194 Å². The van der Waals surface area contributed by atoms with Gasteiger partial charge in [0, 0.05) is 73.7 Å². The second-order valence-electron chi connectivity index (χ2n) is 9.30. The molecule has 4 heterocycles. The zero-order valence-corrected chi connectivity index (χ0v) is 19.4. The smallest absolute Gasteiger partial charge is 0.256 e. The maximum absolute atomic E-state index is 13.3. The normalized spacial score (nSPS) is 18.1. The lowest BCUT2D eigenvalue weighted by molar-refractivity contribution is 0.0662. The Morgan fingerprint density at radius 1 is 0.909 bits per heavy atom. The Balaban J connectivity index is 1.22. The van der Waals surface area contributed by atoms with Crippen LogP contribution in [0.2, 0.25) is 0 Å². The number of para-hydroxylation sites is 1. The van der Waals surface area contributed by atoms with Crippen molar-refractivity contribution in [3.05, 3.63) is 65.1 Å². The number of hydrogen-bond acceptors (Lipinski definition) is 4. The van der Waals surface area contributed by atoms with Gasteiger partial charge < -0.3 is 19.7 Å². The Hall–Kier alpha value is -3.19. The molecular weight excluding hydrogens is 414 g/mol. The van der Waals surface area contributed by atoms with Gasteiger partial charge in [0.15, 0.2) is 0 Å². The molecule has 0 saturated carbocycles. The van der Waals surface area contributed by atoms with Gasteiger partial charge in [0.2, 0.25) is 0 Å². The van der Waals surface area contributed by atoms with Gasteiger partial charge in [-0.25, -0.2) is 0 Å². The van der Waals surface area contributed by atoms with E-state index in [0.717, 1.165) is 66.9 Å². The molecule has 7 heteroatoms. The van der Waals surface area contributed by atoms with Crippen molar-refractivity contribution in [3.8, 4) is 0 Å². The topological polar surface area (TPSA) is 72.5 Å². The van der Waals surface area contributed by atoms with Gasteiger partial charge in [-0.1, -0.05) is 18.2 Å². The van der Waals surface area contributed by atoms with Gasteiger partial charge in [0.1, 0.15) is 0 Å². The van der Waals surface area contributed by atoms with E-state index in [1.54, 1.807) is 6.20 Å². The maximum atomic E-state index is 13.3. The Morgan fingerprint density at radius 3 is 2.30 bits per heavy atom. The van der Waals surface area contributed by atoms with Crippen LogP contribution in [0, 0.1) is 6.92 Å². The molecule has 0 aliphatic carbocycles. The number of nitrogens with one attached hydrogen (secondary N) is 1. The largest absolute Gasteiger partial charge is 0.358 e. The number of pyridine rings is 1. The summed E-state index contributed by atoms with van der Waals surface area (Å²) in [4.78, 5) is 40.1. The van der Waals surface area contributed by atoms with Crippen LogP contribution in [-0.2, 0) is 0 Å². The highest BCUT2D eigenvalue weighted by Gasteiger charge is 2.28. The molecule has 172 valence electrons. The Morgan fingerprint density at radius 2 is 1.61 bits per heavy atom. The van der Waals surface area contributed by atoms with Crippen LogP contribution in [0.1, 0.15) is 50.9 Å². The number of H-pyrrole nitrogens is 1. The molecule has 1 aromatic carbocycles. The minimum absolute atomic E-state index is 0.0664. The standard InChI is InChI=1S/C26H31N5O2/c1-18-24(21-5-3-4-6-23(21)28-18)26(33)30-11-9-19(10-12-30)22-8-7-20(17-27-22)25(32)31-15-13-29(2)14-16-31/h3-8,17,19,28H,9-16H2,1-2H3. The summed E-state index contributed by atoms with van der Waals surface area (Å²) < 4.78 is 0. The third kappa shape index (κ3) is 4.25. The lowest BCUT2D eigenvalue weighted by Crippen LogP contribution is -2.47. The van der Waals surface area contributed by atoms with Gasteiger partial charge in [0.05, 0.1) is 11.1 Å². The number of aromatic amines is 1. The fraction of sp³-hybridized carbons (Fsp3) is 0.423. The molecule has 0 unspecified atom stereocenters. The molecule has 2 saturated heterocycles. The molecule has 2 aliphatic heterocycles. The lowest BCUT2D eigenvalue weighted by Gasteiger charge is -2.33. The summed E-state index contributed by atoms with van der Waals surface area (Å²) in [6, 6.07) is 11.9. The molecule has 0 spiro atoms. The number of piperazine rings is 1. The molecule has 2 fully saturated rings. The number of rotatable bonds is 3. The fourth-order valence-corrected chi connectivity index (χ4v) is 5.05. The van der Waals surface area contributed by atoms with Crippen LogP contribution in [-0.4, -0.2) is 82.8 Å². The summed E-state index contributed by atoms with van der Waals surface area (Å²) in [5, 5.41) is 0.990. The number of likely N-dealkylation sites (tertiary alicyclic amines) is 1. The van der Waals surface area contributed by atoms with Gasteiger partial charge >= 0.3 is 0 Å². The van der Waals surface area contributed by atoms with E-state index in [1.807, 2.05) is 53.1 Å². The van der Waals surface area contributed by atoms with E-state index >= 15 is 0 Å². The highest BCUT2D eigenvalue weighted by molar-refractivity contribution is 6.08. The number of carbonyl (C=O) groups is 2. The Bertz CT molecular complexity index is 1150.